The number of nitrogens with zero attached hydrogens (tertiary/aromatic N) is 4. The molecule has 150 valence electrons. The van der Waals surface area contributed by atoms with Crippen LogP contribution in [0.5, 0.6) is 0 Å². The average Bonchev–Trinajstić information content (AvgIpc) is 2.74. The van der Waals surface area contributed by atoms with E-state index in [0.29, 0.717) is 11.0 Å². The van der Waals surface area contributed by atoms with Gasteiger partial charge in [0.15, 0.2) is 0 Å². The summed E-state index contributed by atoms with van der Waals surface area (Å²) in [6, 6.07) is 11.5. The number of benzene rings is 2. The summed E-state index contributed by atoms with van der Waals surface area (Å²) in [6.45, 7) is 0.868. The second kappa shape index (κ2) is 7.87. The van der Waals surface area contributed by atoms with E-state index in [9.17, 15) is 13.2 Å². The third-order valence-electron chi connectivity index (χ3n) is 4.72. The minimum atomic E-state index is -3.72. The first-order valence-corrected chi connectivity index (χ1v) is 11.0. The summed E-state index contributed by atoms with van der Waals surface area (Å²) in [5, 5.41) is 0.467. The SMILES string of the molecule is O=C(c1cnc2ccccc2n1)N1CCN(S(=O)(=O)c2ccc(Cl)c(Cl)c2)CC1. The van der Waals surface area contributed by atoms with Gasteiger partial charge >= 0.3 is 0 Å². The third kappa shape index (κ3) is 3.93. The molecule has 4 rings (SSSR count). The second-order valence-corrected chi connectivity index (χ2v) is 9.27. The molecule has 29 heavy (non-hydrogen) atoms. The molecule has 0 saturated carbocycles. The molecule has 2 aromatic carbocycles. The molecule has 0 bridgehead atoms. The Morgan fingerprint density at radius 2 is 1.62 bits per heavy atom. The molecular formula is C19H16Cl2N4O3S. The van der Waals surface area contributed by atoms with Crippen molar-refractivity contribution in [1.82, 2.24) is 19.2 Å². The highest BCUT2D eigenvalue weighted by atomic mass is 35.5. The zero-order valence-electron chi connectivity index (χ0n) is 15.1. The fourth-order valence-electron chi connectivity index (χ4n) is 3.14. The van der Waals surface area contributed by atoms with Gasteiger partial charge in [-0.1, -0.05) is 35.3 Å². The fraction of sp³-hybridized carbons (Fsp3) is 0.211. The van der Waals surface area contributed by atoms with Crippen LogP contribution in [0.4, 0.5) is 0 Å². The Morgan fingerprint density at radius 1 is 0.931 bits per heavy atom. The molecule has 1 fully saturated rings. The first kappa shape index (κ1) is 20.0. The van der Waals surface area contributed by atoms with Crippen LogP contribution in [0.2, 0.25) is 10.0 Å². The van der Waals surface area contributed by atoms with Crippen LogP contribution in [-0.2, 0) is 10.0 Å². The van der Waals surface area contributed by atoms with Crippen molar-refractivity contribution in [3.05, 3.63) is 64.4 Å². The number of halogens is 2. The highest BCUT2D eigenvalue weighted by molar-refractivity contribution is 7.89. The molecule has 1 aromatic heterocycles. The van der Waals surface area contributed by atoms with Crippen LogP contribution in [0.25, 0.3) is 11.0 Å². The molecule has 0 aliphatic carbocycles. The van der Waals surface area contributed by atoms with Crippen molar-refractivity contribution in [1.29, 1.82) is 0 Å². The van der Waals surface area contributed by atoms with Crippen LogP contribution in [0.3, 0.4) is 0 Å². The van der Waals surface area contributed by atoms with Gasteiger partial charge in [0.05, 0.1) is 32.2 Å². The molecule has 7 nitrogen and oxygen atoms in total. The van der Waals surface area contributed by atoms with Crippen molar-refractivity contribution >= 4 is 50.2 Å². The number of amides is 1. The molecule has 10 heteroatoms. The maximum Gasteiger partial charge on any atom is 0.274 e. The lowest BCUT2D eigenvalue weighted by atomic mass is 10.2. The Labute approximate surface area is 177 Å². The Kier molecular flexibility index (Phi) is 5.44. The van der Waals surface area contributed by atoms with E-state index in [0.717, 1.165) is 0 Å². The minimum Gasteiger partial charge on any atom is -0.335 e. The van der Waals surface area contributed by atoms with Crippen LogP contribution in [0.15, 0.2) is 53.6 Å². The van der Waals surface area contributed by atoms with Crippen molar-refractivity contribution in [3.8, 4) is 0 Å². The number of piperazine rings is 1. The van der Waals surface area contributed by atoms with E-state index in [-0.39, 0.29) is 52.7 Å². The number of aromatic nitrogens is 2. The Morgan fingerprint density at radius 3 is 2.31 bits per heavy atom. The van der Waals surface area contributed by atoms with Crippen LogP contribution in [0.1, 0.15) is 10.5 Å². The summed E-state index contributed by atoms with van der Waals surface area (Å²) in [5.74, 6) is -0.269. The molecule has 1 aliphatic heterocycles. The molecule has 0 radical (unpaired) electrons. The number of carbonyl (C=O) groups excluding carboxylic acids is 1. The normalized spacial score (nSPS) is 15.6. The number of fused-ring (bicyclic) bond motifs is 1. The van der Waals surface area contributed by atoms with Crippen molar-refractivity contribution in [2.75, 3.05) is 26.2 Å². The van der Waals surface area contributed by atoms with Gasteiger partial charge in [-0.05, 0) is 30.3 Å². The van der Waals surface area contributed by atoms with Crippen molar-refractivity contribution < 1.29 is 13.2 Å². The topological polar surface area (TPSA) is 83.5 Å². The summed E-state index contributed by atoms with van der Waals surface area (Å²) >= 11 is 11.8. The third-order valence-corrected chi connectivity index (χ3v) is 7.36. The molecule has 0 atom stereocenters. The molecule has 2 heterocycles. The van der Waals surface area contributed by atoms with Gasteiger partial charge < -0.3 is 4.90 Å². The van der Waals surface area contributed by atoms with Crippen molar-refractivity contribution in [2.24, 2.45) is 0 Å². The predicted octanol–water partition coefficient (Wildman–Crippen LogP) is 3.08. The molecular weight excluding hydrogens is 435 g/mol. The van der Waals surface area contributed by atoms with Gasteiger partial charge in [0.2, 0.25) is 10.0 Å². The van der Waals surface area contributed by atoms with Gasteiger partial charge in [-0.3, -0.25) is 9.78 Å². The number of hydrogen-bond donors (Lipinski definition) is 0. The monoisotopic (exact) mass is 450 g/mol. The number of carbonyl (C=O) groups is 1. The largest absolute Gasteiger partial charge is 0.335 e. The lowest BCUT2D eigenvalue weighted by Gasteiger charge is -2.33. The number of rotatable bonds is 3. The molecule has 1 aliphatic rings. The molecule has 0 unspecified atom stereocenters. The summed E-state index contributed by atoms with van der Waals surface area (Å²) in [5.41, 5.74) is 1.59. The van der Waals surface area contributed by atoms with E-state index in [1.165, 1.54) is 28.7 Å². The number of hydrogen-bond acceptors (Lipinski definition) is 5. The van der Waals surface area contributed by atoms with Crippen molar-refractivity contribution in [3.63, 3.8) is 0 Å². The number of para-hydroxylation sites is 2. The Hall–Kier alpha value is -2.26. The first-order chi connectivity index (χ1) is 13.9. The lowest BCUT2D eigenvalue weighted by molar-refractivity contribution is 0.0692. The standard InChI is InChI=1S/C19H16Cl2N4O3S/c20-14-6-5-13(11-15(14)21)29(27,28)25-9-7-24(8-10-25)19(26)18-12-22-16-3-1-2-4-17(16)23-18/h1-6,11-12H,7-10H2. The highest BCUT2D eigenvalue weighted by Crippen LogP contribution is 2.27. The van der Waals surface area contributed by atoms with E-state index >= 15 is 0 Å². The Balaban J connectivity index is 1.48. The summed E-state index contributed by atoms with van der Waals surface area (Å²) in [4.78, 5) is 23.1. The zero-order chi connectivity index (χ0) is 20.6. The Bertz CT molecular complexity index is 1200. The van der Waals surface area contributed by atoms with Gasteiger partial charge in [-0.25, -0.2) is 13.4 Å². The fourth-order valence-corrected chi connectivity index (χ4v) is 4.95. The van der Waals surface area contributed by atoms with Gasteiger partial charge in [-0.15, -0.1) is 0 Å². The quantitative estimate of drug-likeness (QED) is 0.611. The number of sulfonamides is 1. The lowest BCUT2D eigenvalue weighted by Crippen LogP contribution is -2.50. The van der Waals surface area contributed by atoms with E-state index in [4.69, 9.17) is 23.2 Å². The molecule has 1 saturated heterocycles. The smallest absolute Gasteiger partial charge is 0.274 e. The summed E-state index contributed by atoms with van der Waals surface area (Å²) in [7, 11) is -3.72. The van der Waals surface area contributed by atoms with E-state index < -0.39 is 10.0 Å². The zero-order valence-corrected chi connectivity index (χ0v) is 17.5. The van der Waals surface area contributed by atoms with Crippen LogP contribution in [0, 0.1) is 0 Å². The van der Waals surface area contributed by atoms with Gasteiger partial charge in [-0.2, -0.15) is 4.31 Å². The summed E-state index contributed by atoms with van der Waals surface area (Å²) in [6.07, 6.45) is 1.45. The summed E-state index contributed by atoms with van der Waals surface area (Å²) < 4.78 is 27.0. The molecule has 0 N–H and O–H groups in total. The molecule has 3 aromatic rings. The van der Waals surface area contributed by atoms with Crippen LogP contribution >= 0.6 is 23.2 Å². The van der Waals surface area contributed by atoms with Crippen LogP contribution in [-0.4, -0.2) is 59.7 Å². The predicted molar refractivity (Wildman–Crippen MR) is 111 cm³/mol. The van der Waals surface area contributed by atoms with Gasteiger partial charge in [0.25, 0.3) is 5.91 Å². The highest BCUT2D eigenvalue weighted by Gasteiger charge is 2.31. The average molecular weight is 451 g/mol. The first-order valence-electron chi connectivity index (χ1n) is 8.82. The van der Waals surface area contributed by atoms with Gasteiger partial charge in [0.1, 0.15) is 5.69 Å². The minimum absolute atomic E-state index is 0.0760. The molecule has 0 spiro atoms. The van der Waals surface area contributed by atoms with E-state index in [1.54, 1.807) is 11.0 Å². The second-order valence-electron chi connectivity index (χ2n) is 6.52. The molecule has 1 amide bonds. The maximum absolute atomic E-state index is 12.8. The van der Waals surface area contributed by atoms with Crippen LogP contribution < -0.4 is 0 Å². The van der Waals surface area contributed by atoms with E-state index in [1.807, 2.05) is 18.2 Å². The maximum atomic E-state index is 12.8. The van der Waals surface area contributed by atoms with Crippen molar-refractivity contribution in [2.45, 2.75) is 4.90 Å². The van der Waals surface area contributed by atoms with Gasteiger partial charge in [0, 0.05) is 26.2 Å². The van der Waals surface area contributed by atoms with E-state index in [2.05, 4.69) is 9.97 Å².